The lowest BCUT2D eigenvalue weighted by molar-refractivity contribution is -0.131. The number of hydrogen-bond donors (Lipinski definition) is 2. The van der Waals surface area contributed by atoms with E-state index in [1.165, 1.54) is 0 Å². The fourth-order valence-electron chi connectivity index (χ4n) is 1.63. The summed E-state index contributed by atoms with van der Waals surface area (Å²) >= 11 is 4.87. The molecule has 3 N–H and O–H groups in total. The van der Waals surface area contributed by atoms with Crippen molar-refractivity contribution >= 4 is 23.1 Å². The third kappa shape index (κ3) is 4.03. The number of nitrogens with zero attached hydrogens (tertiary/aromatic N) is 1. The van der Waals surface area contributed by atoms with E-state index < -0.39 is 0 Å². The zero-order chi connectivity index (χ0) is 12.0. The summed E-state index contributed by atoms with van der Waals surface area (Å²) in [6.45, 7) is 4.92. The van der Waals surface area contributed by atoms with Gasteiger partial charge in [0.2, 0.25) is 5.91 Å². The van der Waals surface area contributed by atoms with Gasteiger partial charge in [-0.2, -0.15) is 0 Å². The Morgan fingerprint density at radius 2 is 2.44 bits per heavy atom. The smallest absolute Gasteiger partial charge is 0.239 e. The van der Waals surface area contributed by atoms with Crippen LogP contribution < -0.4 is 11.1 Å². The first-order valence-electron chi connectivity index (χ1n) is 5.53. The van der Waals surface area contributed by atoms with Gasteiger partial charge in [-0.3, -0.25) is 9.69 Å². The van der Waals surface area contributed by atoms with E-state index in [1.807, 2.05) is 11.8 Å². The first kappa shape index (κ1) is 13.3. The lowest BCUT2D eigenvalue weighted by Crippen LogP contribution is -2.55. The molecule has 0 bridgehead atoms. The molecule has 1 saturated heterocycles. The standard InChI is InChI=1S/C10H19N3O2S/c1-2-3-12-10(14)8-7-15-5-4-13(8)6-9(11)16/h8H,2-7H2,1H3,(H2,11,16)(H,12,14). The monoisotopic (exact) mass is 245 g/mol. The second kappa shape index (κ2) is 6.78. The lowest BCUT2D eigenvalue weighted by atomic mass is 10.2. The molecule has 1 amide bonds. The van der Waals surface area contributed by atoms with E-state index in [2.05, 4.69) is 5.32 Å². The number of rotatable bonds is 5. The van der Waals surface area contributed by atoms with Crippen molar-refractivity contribution in [2.24, 2.45) is 5.73 Å². The second-order valence-corrected chi connectivity index (χ2v) is 4.34. The molecule has 1 rings (SSSR count). The van der Waals surface area contributed by atoms with Gasteiger partial charge in [-0.1, -0.05) is 19.1 Å². The van der Waals surface area contributed by atoms with Crippen molar-refractivity contribution in [3.8, 4) is 0 Å². The summed E-state index contributed by atoms with van der Waals surface area (Å²) in [6, 6.07) is -0.262. The Kier molecular flexibility index (Phi) is 5.65. The molecule has 0 aromatic rings. The highest BCUT2D eigenvalue weighted by molar-refractivity contribution is 7.80. The Bertz CT molecular complexity index is 260. The molecule has 0 saturated carbocycles. The Balaban J connectivity index is 2.51. The maximum Gasteiger partial charge on any atom is 0.239 e. The summed E-state index contributed by atoms with van der Waals surface area (Å²) in [6.07, 6.45) is 0.925. The number of carbonyl (C=O) groups excluding carboxylic acids is 1. The van der Waals surface area contributed by atoms with Crippen molar-refractivity contribution < 1.29 is 9.53 Å². The molecule has 0 aromatic carbocycles. The third-order valence-electron chi connectivity index (χ3n) is 2.45. The van der Waals surface area contributed by atoms with Crippen molar-refractivity contribution in [3.63, 3.8) is 0 Å². The zero-order valence-electron chi connectivity index (χ0n) is 9.57. The Morgan fingerprint density at radius 1 is 1.69 bits per heavy atom. The van der Waals surface area contributed by atoms with Crippen molar-refractivity contribution in [3.05, 3.63) is 0 Å². The number of thiocarbonyl (C=S) groups is 1. The SMILES string of the molecule is CCCNC(=O)C1COCCN1CC(N)=S. The molecular weight excluding hydrogens is 226 g/mol. The van der Waals surface area contributed by atoms with Crippen LogP contribution in [0.5, 0.6) is 0 Å². The van der Waals surface area contributed by atoms with Gasteiger partial charge in [0.25, 0.3) is 0 Å². The normalized spacial score (nSPS) is 21.7. The summed E-state index contributed by atoms with van der Waals surface area (Å²) < 4.78 is 5.31. The zero-order valence-corrected chi connectivity index (χ0v) is 10.4. The van der Waals surface area contributed by atoms with Gasteiger partial charge in [0.15, 0.2) is 0 Å². The maximum atomic E-state index is 11.8. The van der Waals surface area contributed by atoms with Crippen LogP contribution in [0.3, 0.4) is 0 Å². The number of carbonyl (C=O) groups is 1. The summed E-state index contributed by atoms with van der Waals surface area (Å²) in [5.41, 5.74) is 5.50. The average molecular weight is 245 g/mol. The van der Waals surface area contributed by atoms with Crippen LogP contribution in [0, 0.1) is 0 Å². The molecule has 1 aliphatic heterocycles. The molecule has 1 unspecified atom stereocenters. The highest BCUT2D eigenvalue weighted by Gasteiger charge is 2.29. The molecule has 5 nitrogen and oxygen atoms in total. The minimum atomic E-state index is -0.262. The minimum Gasteiger partial charge on any atom is -0.392 e. The molecule has 6 heteroatoms. The number of hydrogen-bond acceptors (Lipinski definition) is 4. The lowest BCUT2D eigenvalue weighted by Gasteiger charge is -2.34. The second-order valence-electron chi connectivity index (χ2n) is 3.82. The average Bonchev–Trinajstić information content (AvgIpc) is 2.26. The molecule has 1 fully saturated rings. The van der Waals surface area contributed by atoms with E-state index in [0.29, 0.717) is 37.8 Å². The molecule has 0 radical (unpaired) electrons. The highest BCUT2D eigenvalue weighted by Crippen LogP contribution is 2.06. The summed E-state index contributed by atoms with van der Waals surface area (Å²) in [4.78, 5) is 14.2. The molecule has 16 heavy (non-hydrogen) atoms. The van der Waals surface area contributed by atoms with Crippen LogP contribution in [-0.4, -0.2) is 54.7 Å². The van der Waals surface area contributed by atoms with Crippen LogP contribution in [0.25, 0.3) is 0 Å². The maximum absolute atomic E-state index is 11.8. The first-order valence-corrected chi connectivity index (χ1v) is 5.93. The van der Waals surface area contributed by atoms with E-state index in [4.69, 9.17) is 22.7 Å². The number of nitrogens with one attached hydrogen (secondary N) is 1. The molecule has 0 aliphatic carbocycles. The summed E-state index contributed by atoms with van der Waals surface area (Å²) in [7, 11) is 0. The molecule has 1 aliphatic rings. The molecule has 1 atom stereocenters. The fourth-order valence-corrected chi connectivity index (χ4v) is 1.80. The molecule has 0 spiro atoms. The largest absolute Gasteiger partial charge is 0.392 e. The number of morpholine rings is 1. The quantitative estimate of drug-likeness (QED) is 0.639. The Labute approximate surface area is 101 Å². The van der Waals surface area contributed by atoms with Gasteiger partial charge in [0.05, 0.1) is 18.2 Å². The predicted molar refractivity (Wildman–Crippen MR) is 66.3 cm³/mol. The molecule has 92 valence electrons. The van der Waals surface area contributed by atoms with Crippen molar-refractivity contribution in [2.75, 3.05) is 32.8 Å². The van der Waals surface area contributed by atoms with Crippen molar-refractivity contribution in [2.45, 2.75) is 19.4 Å². The Morgan fingerprint density at radius 3 is 3.06 bits per heavy atom. The van der Waals surface area contributed by atoms with Gasteiger partial charge < -0.3 is 15.8 Å². The topological polar surface area (TPSA) is 67.6 Å². The van der Waals surface area contributed by atoms with Crippen LogP contribution in [-0.2, 0) is 9.53 Å². The van der Waals surface area contributed by atoms with Gasteiger partial charge in [-0.25, -0.2) is 0 Å². The number of nitrogens with two attached hydrogens (primary N) is 1. The van der Waals surface area contributed by atoms with E-state index in [9.17, 15) is 4.79 Å². The van der Waals surface area contributed by atoms with Crippen molar-refractivity contribution in [1.29, 1.82) is 0 Å². The fraction of sp³-hybridized carbons (Fsp3) is 0.800. The van der Waals surface area contributed by atoms with Gasteiger partial charge in [-0.15, -0.1) is 0 Å². The summed E-state index contributed by atoms with van der Waals surface area (Å²) in [5.74, 6) is -0.00204. The number of ether oxygens (including phenoxy) is 1. The van der Waals surface area contributed by atoms with Gasteiger partial charge in [0.1, 0.15) is 6.04 Å². The number of amides is 1. The van der Waals surface area contributed by atoms with E-state index in [0.717, 1.165) is 6.42 Å². The van der Waals surface area contributed by atoms with Gasteiger partial charge >= 0.3 is 0 Å². The summed E-state index contributed by atoms with van der Waals surface area (Å²) in [5, 5.41) is 2.86. The molecular formula is C10H19N3O2S. The van der Waals surface area contributed by atoms with E-state index >= 15 is 0 Å². The van der Waals surface area contributed by atoms with Crippen LogP contribution in [0.15, 0.2) is 0 Å². The van der Waals surface area contributed by atoms with Crippen molar-refractivity contribution in [1.82, 2.24) is 10.2 Å². The third-order valence-corrected chi connectivity index (χ3v) is 2.58. The highest BCUT2D eigenvalue weighted by atomic mass is 32.1. The van der Waals surface area contributed by atoms with Crippen LogP contribution >= 0.6 is 12.2 Å². The van der Waals surface area contributed by atoms with Gasteiger partial charge in [-0.05, 0) is 6.42 Å². The minimum absolute atomic E-state index is 0.00204. The van der Waals surface area contributed by atoms with Crippen LogP contribution in [0.1, 0.15) is 13.3 Å². The molecule has 1 heterocycles. The Hall–Kier alpha value is -0.720. The molecule has 0 aromatic heterocycles. The van der Waals surface area contributed by atoms with Crippen LogP contribution in [0.2, 0.25) is 0 Å². The van der Waals surface area contributed by atoms with Gasteiger partial charge in [0, 0.05) is 19.6 Å². The van der Waals surface area contributed by atoms with E-state index in [-0.39, 0.29) is 11.9 Å². The first-order chi connectivity index (χ1) is 7.65. The predicted octanol–water partition coefficient (Wildman–Crippen LogP) is -0.500. The van der Waals surface area contributed by atoms with Crippen LogP contribution in [0.4, 0.5) is 0 Å². The van der Waals surface area contributed by atoms with E-state index in [1.54, 1.807) is 0 Å².